The molecule has 2 saturated heterocycles. The molecule has 51 heavy (non-hydrogen) atoms. The van der Waals surface area contributed by atoms with Gasteiger partial charge >= 0.3 is 12.1 Å². The highest BCUT2D eigenvalue weighted by atomic mass is 28.3. The fourth-order valence-electron chi connectivity index (χ4n) is 6.20. The standard InChI is InChI=1S/C36H51N9O5Si/c1-25(2)30-22-42(21-28-20-41(15-16-49-28)35(47)50-36(3,4)5)34(46)45(30)31-13-14-44-33(39-31)29(19-38-44)26-9-11-27(12-10-26)32-37-23-43(40-32)24-48-17-18-51(6,7)8/h9-14,19,23,25,28,30H,15-18,20-22,24H2,1-8H3. The van der Waals surface area contributed by atoms with E-state index in [1.54, 1.807) is 31.5 Å². The molecule has 0 aliphatic carbocycles. The number of rotatable bonds is 11. The summed E-state index contributed by atoms with van der Waals surface area (Å²) in [5.41, 5.74) is 2.74. The van der Waals surface area contributed by atoms with Crippen molar-refractivity contribution in [2.45, 2.75) is 84.8 Å². The summed E-state index contributed by atoms with van der Waals surface area (Å²) < 4.78 is 20.9. The van der Waals surface area contributed by atoms with E-state index < -0.39 is 13.7 Å². The zero-order chi connectivity index (χ0) is 36.5. The number of aromatic nitrogens is 6. The molecular formula is C36H51N9O5Si. The van der Waals surface area contributed by atoms with Crippen LogP contribution in [-0.4, -0.2) is 117 Å². The fourth-order valence-corrected chi connectivity index (χ4v) is 6.96. The van der Waals surface area contributed by atoms with Crippen molar-refractivity contribution in [2.75, 3.05) is 44.3 Å². The van der Waals surface area contributed by atoms with Gasteiger partial charge in [-0.3, -0.25) is 4.90 Å². The molecule has 274 valence electrons. The van der Waals surface area contributed by atoms with Crippen LogP contribution in [0.2, 0.25) is 25.7 Å². The Labute approximate surface area is 300 Å². The van der Waals surface area contributed by atoms with Gasteiger partial charge < -0.3 is 24.0 Å². The van der Waals surface area contributed by atoms with Gasteiger partial charge in [-0.25, -0.2) is 28.8 Å². The van der Waals surface area contributed by atoms with Gasteiger partial charge in [-0.2, -0.15) is 5.10 Å². The van der Waals surface area contributed by atoms with Crippen molar-refractivity contribution in [1.82, 2.24) is 39.2 Å². The Bertz CT molecular complexity index is 1830. The summed E-state index contributed by atoms with van der Waals surface area (Å²) in [6.45, 7) is 20.0. The van der Waals surface area contributed by atoms with Crippen molar-refractivity contribution >= 4 is 31.7 Å². The predicted octanol–water partition coefficient (Wildman–Crippen LogP) is 5.87. The molecule has 0 saturated carbocycles. The Morgan fingerprint density at radius 2 is 1.82 bits per heavy atom. The third kappa shape index (κ3) is 8.76. The quantitative estimate of drug-likeness (QED) is 0.138. The van der Waals surface area contributed by atoms with E-state index in [1.165, 1.54) is 0 Å². The molecule has 0 N–H and O–H groups in total. The summed E-state index contributed by atoms with van der Waals surface area (Å²) in [6.07, 6.45) is 4.64. The lowest BCUT2D eigenvalue weighted by molar-refractivity contribution is -0.0478. The van der Waals surface area contributed by atoms with E-state index in [4.69, 9.17) is 19.2 Å². The number of nitrogens with zero attached hydrogens (tertiary/aromatic N) is 9. The Balaban J connectivity index is 1.15. The lowest BCUT2D eigenvalue weighted by atomic mass is 10.0. The van der Waals surface area contributed by atoms with E-state index in [1.807, 2.05) is 62.2 Å². The number of fused-ring (bicyclic) bond motifs is 1. The molecule has 2 aliphatic rings. The third-order valence-electron chi connectivity index (χ3n) is 9.01. The molecule has 14 nitrogen and oxygen atoms in total. The maximum atomic E-state index is 14.0. The normalized spacial score (nSPS) is 18.8. The molecule has 2 fully saturated rings. The zero-order valence-electron chi connectivity index (χ0n) is 31.1. The maximum absolute atomic E-state index is 14.0. The summed E-state index contributed by atoms with van der Waals surface area (Å²) in [5.74, 6) is 1.37. The van der Waals surface area contributed by atoms with Crippen LogP contribution >= 0.6 is 0 Å². The van der Waals surface area contributed by atoms with Crippen LogP contribution in [0.3, 0.4) is 0 Å². The monoisotopic (exact) mass is 717 g/mol. The van der Waals surface area contributed by atoms with Crippen LogP contribution in [0.5, 0.6) is 0 Å². The first-order valence-corrected chi connectivity index (χ1v) is 21.5. The van der Waals surface area contributed by atoms with Crippen LogP contribution < -0.4 is 4.90 Å². The van der Waals surface area contributed by atoms with Crippen LogP contribution in [-0.2, 0) is 20.9 Å². The van der Waals surface area contributed by atoms with Gasteiger partial charge in [0.1, 0.15) is 24.5 Å². The van der Waals surface area contributed by atoms with Gasteiger partial charge in [0.2, 0.25) is 0 Å². The average molecular weight is 718 g/mol. The van der Waals surface area contributed by atoms with E-state index >= 15 is 0 Å². The first kappa shape index (κ1) is 36.4. The second-order valence-electron chi connectivity index (χ2n) is 15.9. The average Bonchev–Trinajstić information content (AvgIpc) is 3.79. The molecule has 2 atom stereocenters. The van der Waals surface area contributed by atoms with E-state index in [0.717, 1.165) is 29.3 Å². The van der Waals surface area contributed by atoms with Gasteiger partial charge in [-0.15, -0.1) is 5.10 Å². The van der Waals surface area contributed by atoms with Gasteiger partial charge in [0, 0.05) is 45.1 Å². The van der Waals surface area contributed by atoms with Gasteiger partial charge in [0.05, 0.1) is 38.0 Å². The molecule has 2 aliphatic heterocycles. The Hall–Kier alpha value is -4.34. The number of carbonyl (C=O) groups excluding carboxylic acids is 2. The predicted molar refractivity (Wildman–Crippen MR) is 197 cm³/mol. The molecular weight excluding hydrogens is 667 g/mol. The number of carbonyl (C=O) groups is 2. The molecule has 2 unspecified atom stereocenters. The van der Waals surface area contributed by atoms with Crippen LogP contribution in [0.25, 0.3) is 28.2 Å². The molecule has 1 aromatic carbocycles. The van der Waals surface area contributed by atoms with Crippen molar-refractivity contribution in [3.05, 3.63) is 49.1 Å². The number of urea groups is 1. The van der Waals surface area contributed by atoms with Crippen LogP contribution in [0.4, 0.5) is 15.4 Å². The zero-order valence-corrected chi connectivity index (χ0v) is 32.1. The van der Waals surface area contributed by atoms with Gasteiger partial charge in [-0.05, 0) is 44.4 Å². The summed E-state index contributed by atoms with van der Waals surface area (Å²) in [6, 6.07) is 10.7. The first-order valence-electron chi connectivity index (χ1n) is 17.8. The lowest BCUT2D eigenvalue weighted by Gasteiger charge is -2.35. The smallest absolute Gasteiger partial charge is 0.410 e. The van der Waals surface area contributed by atoms with Crippen molar-refractivity contribution in [2.24, 2.45) is 5.92 Å². The molecule has 0 bridgehead atoms. The van der Waals surface area contributed by atoms with Crippen molar-refractivity contribution in [3.63, 3.8) is 0 Å². The second-order valence-corrected chi connectivity index (χ2v) is 21.6. The highest BCUT2D eigenvalue weighted by molar-refractivity contribution is 6.76. The maximum Gasteiger partial charge on any atom is 0.410 e. The molecule has 4 aromatic rings. The number of morpholine rings is 1. The van der Waals surface area contributed by atoms with Crippen molar-refractivity contribution in [1.29, 1.82) is 0 Å². The number of ether oxygens (including phenoxy) is 3. The highest BCUT2D eigenvalue weighted by Gasteiger charge is 2.42. The molecule has 3 aromatic heterocycles. The largest absolute Gasteiger partial charge is 0.444 e. The molecule has 0 spiro atoms. The van der Waals surface area contributed by atoms with Crippen LogP contribution in [0.1, 0.15) is 34.6 Å². The number of benzene rings is 1. The number of anilines is 1. The van der Waals surface area contributed by atoms with E-state index in [0.29, 0.717) is 56.8 Å². The highest BCUT2D eigenvalue weighted by Crippen LogP contribution is 2.31. The minimum atomic E-state index is -1.15. The number of hydrogen-bond acceptors (Lipinski definition) is 9. The lowest BCUT2D eigenvalue weighted by Crippen LogP contribution is -2.51. The summed E-state index contributed by atoms with van der Waals surface area (Å²) in [5, 5.41) is 9.15. The molecule has 5 heterocycles. The minimum Gasteiger partial charge on any atom is -0.444 e. The fraction of sp³-hybridized carbons (Fsp3) is 0.556. The van der Waals surface area contributed by atoms with E-state index in [-0.39, 0.29) is 30.2 Å². The summed E-state index contributed by atoms with van der Waals surface area (Å²) in [7, 11) is -1.15. The molecule has 15 heteroatoms. The second kappa shape index (κ2) is 14.7. The number of hydrogen-bond donors (Lipinski definition) is 0. The topological polar surface area (TPSA) is 132 Å². The van der Waals surface area contributed by atoms with Gasteiger partial charge in [-0.1, -0.05) is 57.8 Å². The van der Waals surface area contributed by atoms with Crippen molar-refractivity contribution < 1.29 is 23.8 Å². The minimum absolute atomic E-state index is 0.0956. The van der Waals surface area contributed by atoms with E-state index in [9.17, 15) is 9.59 Å². The van der Waals surface area contributed by atoms with Crippen molar-refractivity contribution in [3.8, 4) is 22.5 Å². The summed E-state index contributed by atoms with van der Waals surface area (Å²) in [4.78, 5) is 41.5. The Morgan fingerprint density at radius 3 is 2.53 bits per heavy atom. The molecule has 6 rings (SSSR count). The van der Waals surface area contributed by atoms with Crippen LogP contribution in [0, 0.1) is 5.92 Å². The molecule has 0 radical (unpaired) electrons. The Morgan fingerprint density at radius 1 is 1.08 bits per heavy atom. The SMILES string of the molecule is CC(C)C1CN(CC2CN(C(=O)OC(C)(C)C)CCO2)C(=O)N1c1ccn2ncc(-c3ccc(-c4ncn(COCC[Si](C)(C)C)n4)cc3)c2n1. The Kier molecular flexibility index (Phi) is 10.5. The van der Waals surface area contributed by atoms with Crippen LogP contribution in [0.15, 0.2) is 49.1 Å². The van der Waals surface area contributed by atoms with Gasteiger partial charge in [0.15, 0.2) is 11.5 Å². The van der Waals surface area contributed by atoms with Gasteiger partial charge in [0.25, 0.3) is 0 Å². The molecule has 3 amide bonds. The first-order chi connectivity index (χ1) is 24.1. The summed E-state index contributed by atoms with van der Waals surface area (Å²) >= 11 is 0. The third-order valence-corrected chi connectivity index (χ3v) is 10.7. The van der Waals surface area contributed by atoms with E-state index in [2.05, 4.69) is 48.7 Å². The number of amides is 3.